The van der Waals surface area contributed by atoms with E-state index in [0.29, 0.717) is 0 Å². The summed E-state index contributed by atoms with van der Waals surface area (Å²) in [5.74, 6) is -0.364. The molecule has 0 aliphatic carbocycles. The van der Waals surface area contributed by atoms with Crippen LogP contribution in [0, 0.1) is 11.6 Å². The molecule has 0 aliphatic heterocycles. The van der Waals surface area contributed by atoms with Crippen molar-refractivity contribution in [3.05, 3.63) is 71.3 Å². The molecule has 0 saturated heterocycles. The minimum Gasteiger partial charge on any atom is -0.207 e. The Kier molecular flexibility index (Phi) is 3.52. The maximum Gasteiger partial charge on any atom is 0.123 e. The van der Waals surface area contributed by atoms with Gasteiger partial charge in [0.2, 0.25) is 0 Å². The first-order chi connectivity index (χ1) is 8.20. The molecule has 2 aromatic rings. The summed E-state index contributed by atoms with van der Waals surface area (Å²) in [6.07, 6.45) is 0.856. The number of hydrogen-bond acceptors (Lipinski definition) is 0. The average molecular weight is 232 g/mol. The molecule has 0 amide bonds. The fourth-order valence-electron chi connectivity index (χ4n) is 2.08. The van der Waals surface area contributed by atoms with E-state index in [1.54, 1.807) is 18.2 Å². The van der Waals surface area contributed by atoms with Gasteiger partial charge in [0.25, 0.3) is 0 Å². The molecule has 0 N–H and O–H groups in total. The molecule has 1 unspecified atom stereocenters. The molecule has 0 spiro atoms. The van der Waals surface area contributed by atoms with E-state index >= 15 is 0 Å². The van der Waals surface area contributed by atoms with Gasteiger partial charge >= 0.3 is 0 Å². The minimum absolute atomic E-state index is 0.117. The molecule has 17 heavy (non-hydrogen) atoms. The Morgan fingerprint density at radius 1 is 0.882 bits per heavy atom. The highest BCUT2D eigenvalue weighted by Gasteiger charge is 2.12. The highest BCUT2D eigenvalue weighted by molar-refractivity contribution is 5.32. The summed E-state index contributed by atoms with van der Waals surface area (Å²) in [6.45, 7) is 2.04. The number of benzene rings is 2. The summed E-state index contributed by atoms with van der Waals surface area (Å²) in [4.78, 5) is 0. The standard InChI is InChI=1S/C15H14F2/c1-2-15(11-6-8-13(16)9-7-11)12-4-3-5-14(17)10-12/h3-10,15H,2H2,1H3. The van der Waals surface area contributed by atoms with Gasteiger partial charge in [0.1, 0.15) is 11.6 Å². The first-order valence-corrected chi connectivity index (χ1v) is 5.71. The predicted molar refractivity (Wildman–Crippen MR) is 64.9 cm³/mol. The third-order valence-electron chi connectivity index (χ3n) is 2.93. The zero-order chi connectivity index (χ0) is 12.3. The average Bonchev–Trinajstić information content (AvgIpc) is 2.33. The predicted octanol–water partition coefficient (Wildman–Crippen LogP) is 4.51. The van der Waals surface area contributed by atoms with Crippen LogP contribution >= 0.6 is 0 Å². The maximum absolute atomic E-state index is 13.2. The summed E-state index contributed by atoms with van der Waals surface area (Å²) in [6, 6.07) is 13.0. The summed E-state index contributed by atoms with van der Waals surface area (Å²) >= 11 is 0. The Balaban J connectivity index is 2.36. The van der Waals surface area contributed by atoms with Gasteiger partial charge in [-0.2, -0.15) is 0 Å². The Morgan fingerprint density at radius 3 is 2.18 bits per heavy atom. The first-order valence-electron chi connectivity index (χ1n) is 5.71. The zero-order valence-electron chi connectivity index (χ0n) is 9.66. The molecule has 2 aromatic carbocycles. The van der Waals surface area contributed by atoms with E-state index in [4.69, 9.17) is 0 Å². The van der Waals surface area contributed by atoms with Crippen LogP contribution in [-0.4, -0.2) is 0 Å². The lowest BCUT2D eigenvalue weighted by atomic mass is 9.89. The molecule has 1 atom stereocenters. The maximum atomic E-state index is 13.2. The Hall–Kier alpha value is -1.70. The normalized spacial score (nSPS) is 12.4. The molecule has 0 saturated carbocycles. The third-order valence-corrected chi connectivity index (χ3v) is 2.93. The number of hydrogen-bond donors (Lipinski definition) is 0. The molecule has 2 heteroatoms. The molecular weight excluding hydrogens is 218 g/mol. The van der Waals surface area contributed by atoms with Gasteiger partial charge in [0.05, 0.1) is 0 Å². The Labute approximate surface area is 99.9 Å². The largest absolute Gasteiger partial charge is 0.207 e. The van der Waals surface area contributed by atoms with Gasteiger partial charge in [-0.05, 0) is 41.8 Å². The number of halogens is 2. The van der Waals surface area contributed by atoms with E-state index < -0.39 is 0 Å². The molecule has 88 valence electrons. The molecule has 0 bridgehead atoms. The molecule has 0 heterocycles. The van der Waals surface area contributed by atoms with Crippen molar-refractivity contribution in [1.29, 1.82) is 0 Å². The summed E-state index contributed by atoms with van der Waals surface area (Å²) in [5.41, 5.74) is 1.94. The first kappa shape index (κ1) is 11.8. The molecule has 0 aromatic heterocycles. The van der Waals surface area contributed by atoms with Crippen LogP contribution in [0.25, 0.3) is 0 Å². The Bertz CT molecular complexity index is 489. The quantitative estimate of drug-likeness (QED) is 0.730. The van der Waals surface area contributed by atoms with Gasteiger partial charge in [0, 0.05) is 5.92 Å². The van der Waals surface area contributed by atoms with Crippen LogP contribution in [0.4, 0.5) is 8.78 Å². The third kappa shape index (κ3) is 2.70. The topological polar surface area (TPSA) is 0 Å². The van der Waals surface area contributed by atoms with E-state index in [1.165, 1.54) is 24.3 Å². The molecule has 0 radical (unpaired) electrons. The summed E-state index contributed by atoms with van der Waals surface area (Å²) in [5, 5.41) is 0. The van der Waals surface area contributed by atoms with E-state index in [9.17, 15) is 8.78 Å². The van der Waals surface area contributed by atoms with Crippen LogP contribution < -0.4 is 0 Å². The van der Waals surface area contributed by atoms with Crippen LogP contribution in [0.3, 0.4) is 0 Å². The molecular formula is C15H14F2. The lowest BCUT2D eigenvalue weighted by Crippen LogP contribution is -2.00. The zero-order valence-corrected chi connectivity index (χ0v) is 9.66. The molecule has 0 nitrogen and oxygen atoms in total. The monoisotopic (exact) mass is 232 g/mol. The SMILES string of the molecule is CCC(c1ccc(F)cc1)c1cccc(F)c1. The van der Waals surface area contributed by atoms with Crippen molar-refractivity contribution in [3.63, 3.8) is 0 Å². The van der Waals surface area contributed by atoms with Crippen LogP contribution in [0.2, 0.25) is 0 Å². The lowest BCUT2D eigenvalue weighted by Gasteiger charge is -2.15. The Morgan fingerprint density at radius 2 is 1.59 bits per heavy atom. The second-order valence-corrected chi connectivity index (χ2v) is 4.07. The van der Waals surface area contributed by atoms with Crippen molar-refractivity contribution in [2.75, 3.05) is 0 Å². The van der Waals surface area contributed by atoms with Crippen molar-refractivity contribution >= 4 is 0 Å². The summed E-state index contributed by atoms with van der Waals surface area (Å²) in [7, 11) is 0. The van der Waals surface area contributed by atoms with Gasteiger partial charge < -0.3 is 0 Å². The van der Waals surface area contributed by atoms with Crippen molar-refractivity contribution in [1.82, 2.24) is 0 Å². The van der Waals surface area contributed by atoms with Crippen molar-refractivity contribution < 1.29 is 8.78 Å². The minimum atomic E-state index is -0.247. The molecule has 0 fully saturated rings. The van der Waals surface area contributed by atoms with E-state index in [2.05, 4.69) is 0 Å². The second kappa shape index (κ2) is 5.09. The highest BCUT2D eigenvalue weighted by atomic mass is 19.1. The molecule has 0 aliphatic rings. The molecule has 2 rings (SSSR count). The van der Waals surface area contributed by atoms with Gasteiger partial charge in [-0.3, -0.25) is 0 Å². The van der Waals surface area contributed by atoms with Gasteiger partial charge in [0.15, 0.2) is 0 Å². The van der Waals surface area contributed by atoms with E-state index in [-0.39, 0.29) is 17.6 Å². The van der Waals surface area contributed by atoms with E-state index in [1.807, 2.05) is 13.0 Å². The smallest absolute Gasteiger partial charge is 0.123 e. The van der Waals surface area contributed by atoms with Crippen LogP contribution in [0.1, 0.15) is 30.4 Å². The van der Waals surface area contributed by atoms with Crippen molar-refractivity contribution in [2.45, 2.75) is 19.3 Å². The van der Waals surface area contributed by atoms with Crippen LogP contribution in [-0.2, 0) is 0 Å². The number of rotatable bonds is 3. The van der Waals surface area contributed by atoms with E-state index in [0.717, 1.165) is 17.5 Å². The fourth-order valence-corrected chi connectivity index (χ4v) is 2.08. The van der Waals surface area contributed by atoms with Crippen molar-refractivity contribution in [2.24, 2.45) is 0 Å². The van der Waals surface area contributed by atoms with Crippen LogP contribution in [0.5, 0.6) is 0 Å². The summed E-state index contributed by atoms with van der Waals surface area (Å²) < 4.78 is 26.0. The van der Waals surface area contributed by atoms with Gasteiger partial charge in [-0.15, -0.1) is 0 Å². The van der Waals surface area contributed by atoms with Crippen LogP contribution in [0.15, 0.2) is 48.5 Å². The highest BCUT2D eigenvalue weighted by Crippen LogP contribution is 2.28. The lowest BCUT2D eigenvalue weighted by molar-refractivity contribution is 0.619. The van der Waals surface area contributed by atoms with Crippen molar-refractivity contribution in [3.8, 4) is 0 Å². The van der Waals surface area contributed by atoms with Gasteiger partial charge in [-0.1, -0.05) is 31.2 Å². The fraction of sp³-hybridized carbons (Fsp3) is 0.200. The second-order valence-electron chi connectivity index (χ2n) is 4.07. The van der Waals surface area contributed by atoms with Gasteiger partial charge in [-0.25, -0.2) is 8.78 Å².